The molecule has 0 unspecified atom stereocenters. The highest BCUT2D eigenvalue weighted by molar-refractivity contribution is 9.10. The van der Waals surface area contributed by atoms with Crippen LogP contribution in [-0.4, -0.2) is 9.97 Å². The van der Waals surface area contributed by atoms with E-state index in [-0.39, 0.29) is 0 Å². The molecule has 0 spiro atoms. The standard InChI is InChI=1S/C18H12BrN3/c19-16-8-3-13(4-9-16)5-10-18-21-12-17(22-18)15-6-1-14(11-20)2-7-15/h1-10,12H,(H,21,22)/b10-5+. The van der Waals surface area contributed by atoms with E-state index in [4.69, 9.17) is 5.26 Å². The van der Waals surface area contributed by atoms with E-state index >= 15 is 0 Å². The van der Waals surface area contributed by atoms with E-state index in [9.17, 15) is 0 Å². The van der Waals surface area contributed by atoms with E-state index in [2.05, 4.69) is 32.0 Å². The molecule has 0 fully saturated rings. The second-order valence-corrected chi connectivity index (χ2v) is 5.67. The maximum absolute atomic E-state index is 8.82. The Morgan fingerprint density at radius 2 is 1.73 bits per heavy atom. The highest BCUT2D eigenvalue weighted by atomic mass is 79.9. The lowest BCUT2D eigenvalue weighted by Gasteiger charge is -1.96. The number of rotatable bonds is 3. The number of halogens is 1. The van der Waals surface area contributed by atoms with Gasteiger partial charge in [0, 0.05) is 4.47 Å². The van der Waals surface area contributed by atoms with Crippen LogP contribution in [0.25, 0.3) is 23.4 Å². The maximum Gasteiger partial charge on any atom is 0.130 e. The summed E-state index contributed by atoms with van der Waals surface area (Å²) in [5, 5.41) is 8.82. The first-order chi connectivity index (χ1) is 10.7. The quantitative estimate of drug-likeness (QED) is 0.732. The number of nitrogens with one attached hydrogen (secondary N) is 1. The molecule has 0 radical (unpaired) electrons. The van der Waals surface area contributed by atoms with Crippen molar-refractivity contribution in [2.24, 2.45) is 0 Å². The minimum atomic E-state index is 0.652. The van der Waals surface area contributed by atoms with Crippen LogP contribution in [0, 0.1) is 11.3 Å². The Balaban J connectivity index is 1.78. The first-order valence-electron chi connectivity index (χ1n) is 6.74. The molecule has 2 aromatic carbocycles. The van der Waals surface area contributed by atoms with Gasteiger partial charge in [0.1, 0.15) is 5.82 Å². The smallest absolute Gasteiger partial charge is 0.130 e. The molecule has 3 nitrogen and oxygen atoms in total. The fraction of sp³-hybridized carbons (Fsp3) is 0. The summed E-state index contributed by atoms with van der Waals surface area (Å²) in [6, 6.07) is 17.6. The molecule has 3 aromatic rings. The summed E-state index contributed by atoms with van der Waals surface area (Å²) in [6.07, 6.45) is 5.74. The number of aromatic amines is 1. The van der Waals surface area contributed by atoms with Crippen molar-refractivity contribution < 1.29 is 0 Å². The topological polar surface area (TPSA) is 52.5 Å². The van der Waals surface area contributed by atoms with Crippen molar-refractivity contribution >= 4 is 28.1 Å². The number of H-pyrrole nitrogens is 1. The van der Waals surface area contributed by atoms with Crippen molar-refractivity contribution in [2.75, 3.05) is 0 Å². The lowest BCUT2D eigenvalue weighted by molar-refractivity contribution is 1.27. The number of benzene rings is 2. The van der Waals surface area contributed by atoms with Crippen molar-refractivity contribution in [3.05, 3.63) is 76.2 Å². The van der Waals surface area contributed by atoms with Crippen molar-refractivity contribution in [2.45, 2.75) is 0 Å². The van der Waals surface area contributed by atoms with E-state index < -0.39 is 0 Å². The number of imidazole rings is 1. The van der Waals surface area contributed by atoms with Gasteiger partial charge in [-0.3, -0.25) is 0 Å². The van der Waals surface area contributed by atoms with Crippen LogP contribution in [-0.2, 0) is 0 Å². The summed E-state index contributed by atoms with van der Waals surface area (Å²) in [5.41, 5.74) is 3.70. The van der Waals surface area contributed by atoms with Crippen molar-refractivity contribution in [1.82, 2.24) is 9.97 Å². The lowest BCUT2D eigenvalue weighted by atomic mass is 10.1. The molecule has 3 rings (SSSR count). The number of nitriles is 1. The first-order valence-corrected chi connectivity index (χ1v) is 7.53. The Bertz CT molecular complexity index is 837. The van der Waals surface area contributed by atoms with E-state index in [0.717, 1.165) is 27.1 Å². The Hall–Kier alpha value is -2.64. The molecular weight excluding hydrogens is 338 g/mol. The van der Waals surface area contributed by atoms with Crippen molar-refractivity contribution in [1.29, 1.82) is 5.26 Å². The molecule has 0 aliphatic rings. The summed E-state index contributed by atoms with van der Waals surface area (Å²) in [4.78, 5) is 7.61. The van der Waals surface area contributed by atoms with Crippen LogP contribution in [0.5, 0.6) is 0 Å². The molecule has 0 saturated carbocycles. The summed E-state index contributed by atoms with van der Waals surface area (Å²) < 4.78 is 1.06. The zero-order valence-electron chi connectivity index (χ0n) is 11.6. The predicted octanol–water partition coefficient (Wildman–Crippen LogP) is 4.88. The van der Waals surface area contributed by atoms with Crippen molar-refractivity contribution in [3.8, 4) is 17.3 Å². The van der Waals surface area contributed by atoms with Gasteiger partial charge in [0.05, 0.1) is 23.5 Å². The average molecular weight is 350 g/mol. The molecule has 1 aromatic heterocycles. The molecule has 0 aliphatic carbocycles. The monoisotopic (exact) mass is 349 g/mol. The van der Waals surface area contributed by atoms with Crippen LogP contribution in [0.4, 0.5) is 0 Å². The number of hydrogen-bond donors (Lipinski definition) is 1. The van der Waals surface area contributed by atoms with Gasteiger partial charge >= 0.3 is 0 Å². The maximum atomic E-state index is 8.82. The zero-order valence-corrected chi connectivity index (χ0v) is 13.2. The normalized spacial score (nSPS) is 10.7. The van der Waals surface area contributed by atoms with Crippen molar-refractivity contribution in [3.63, 3.8) is 0 Å². The SMILES string of the molecule is N#Cc1ccc(-c2cnc(/C=C/c3ccc(Br)cc3)[nH]2)cc1. The van der Waals surface area contributed by atoms with Gasteiger partial charge in [-0.25, -0.2) is 4.98 Å². The molecule has 0 aliphatic heterocycles. The molecule has 106 valence electrons. The van der Waals surface area contributed by atoms with Crippen LogP contribution in [0.3, 0.4) is 0 Å². The van der Waals surface area contributed by atoms with Gasteiger partial charge in [0.25, 0.3) is 0 Å². The highest BCUT2D eigenvalue weighted by Gasteiger charge is 2.01. The molecule has 0 saturated heterocycles. The second-order valence-electron chi connectivity index (χ2n) is 4.76. The van der Waals surface area contributed by atoms with E-state index in [0.29, 0.717) is 5.56 Å². The fourth-order valence-electron chi connectivity index (χ4n) is 2.04. The lowest BCUT2D eigenvalue weighted by Crippen LogP contribution is -1.80. The zero-order chi connectivity index (χ0) is 15.4. The van der Waals surface area contributed by atoms with Gasteiger partial charge in [0.15, 0.2) is 0 Å². The summed E-state index contributed by atoms with van der Waals surface area (Å²) >= 11 is 3.42. The Kier molecular flexibility index (Phi) is 4.17. The summed E-state index contributed by atoms with van der Waals surface area (Å²) in [7, 11) is 0. The van der Waals surface area contributed by atoms with Crippen LogP contribution in [0.2, 0.25) is 0 Å². The number of nitrogens with zero attached hydrogens (tertiary/aromatic N) is 2. The third kappa shape index (κ3) is 3.33. The highest BCUT2D eigenvalue weighted by Crippen LogP contribution is 2.18. The Morgan fingerprint density at radius 3 is 2.41 bits per heavy atom. The minimum Gasteiger partial charge on any atom is -0.338 e. The van der Waals surface area contributed by atoms with E-state index in [1.54, 1.807) is 18.3 Å². The summed E-state index contributed by atoms with van der Waals surface area (Å²) in [5.74, 6) is 0.794. The largest absolute Gasteiger partial charge is 0.338 e. The third-order valence-corrected chi connectivity index (χ3v) is 3.75. The van der Waals surface area contributed by atoms with Gasteiger partial charge in [0.2, 0.25) is 0 Å². The molecule has 1 heterocycles. The third-order valence-electron chi connectivity index (χ3n) is 3.22. The van der Waals surface area contributed by atoms with Gasteiger partial charge in [-0.05, 0) is 41.5 Å². The molecule has 0 bridgehead atoms. The first kappa shape index (κ1) is 14.3. The second kappa shape index (κ2) is 6.42. The van der Waals surface area contributed by atoms with Crippen LogP contribution in [0.1, 0.15) is 17.0 Å². The molecule has 22 heavy (non-hydrogen) atoms. The fourth-order valence-corrected chi connectivity index (χ4v) is 2.31. The molecule has 1 N–H and O–H groups in total. The predicted molar refractivity (Wildman–Crippen MR) is 91.8 cm³/mol. The molecular formula is C18H12BrN3. The molecule has 0 amide bonds. The Labute approximate surface area is 137 Å². The molecule has 0 atom stereocenters. The van der Waals surface area contributed by atoms with E-state index in [1.165, 1.54) is 0 Å². The van der Waals surface area contributed by atoms with Gasteiger partial charge in [-0.15, -0.1) is 0 Å². The van der Waals surface area contributed by atoms with Gasteiger partial charge in [-0.2, -0.15) is 5.26 Å². The van der Waals surface area contributed by atoms with Crippen LogP contribution < -0.4 is 0 Å². The van der Waals surface area contributed by atoms with E-state index in [1.807, 2.05) is 48.6 Å². The van der Waals surface area contributed by atoms with Crippen LogP contribution in [0.15, 0.2) is 59.2 Å². The van der Waals surface area contributed by atoms with Gasteiger partial charge < -0.3 is 4.98 Å². The average Bonchev–Trinajstić information content (AvgIpc) is 3.03. The number of hydrogen-bond acceptors (Lipinski definition) is 2. The number of aromatic nitrogens is 2. The summed E-state index contributed by atoms with van der Waals surface area (Å²) in [6.45, 7) is 0. The van der Waals surface area contributed by atoms with Crippen LogP contribution >= 0.6 is 15.9 Å². The Morgan fingerprint density at radius 1 is 1.00 bits per heavy atom. The van der Waals surface area contributed by atoms with Gasteiger partial charge in [-0.1, -0.05) is 46.3 Å². The molecule has 4 heteroatoms. The minimum absolute atomic E-state index is 0.652.